The van der Waals surface area contributed by atoms with E-state index < -0.39 is 0 Å². The average molecular weight is 326 g/mol. The average Bonchev–Trinajstić information content (AvgIpc) is 2.93. The number of hydrogen-bond donors (Lipinski definition) is 1. The number of pyridine rings is 1. The minimum absolute atomic E-state index is 0.104. The van der Waals surface area contributed by atoms with Gasteiger partial charge in [0, 0.05) is 29.8 Å². The predicted molar refractivity (Wildman–Crippen MR) is 79.2 cm³/mol. The third kappa shape index (κ3) is 4.28. The minimum Gasteiger partial charge on any atom is -0.349 e. The first-order chi connectivity index (χ1) is 9.16. The molecule has 0 atom stereocenters. The Morgan fingerprint density at radius 1 is 1.47 bits per heavy atom. The lowest BCUT2D eigenvalue weighted by Crippen LogP contribution is -2.37. The molecule has 104 valence electrons. The van der Waals surface area contributed by atoms with Crippen LogP contribution in [0.5, 0.6) is 0 Å². The van der Waals surface area contributed by atoms with Crippen LogP contribution in [0.3, 0.4) is 0 Å². The first-order valence-electron chi connectivity index (χ1n) is 6.77. The van der Waals surface area contributed by atoms with Crippen molar-refractivity contribution in [2.45, 2.75) is 31.7 Å². The number of carbonyl (C=O) groups excluding carboxylic acids is 1. The van der Waals surface area contributed by atoms with Gasteiger partial charge in [-0.1, -0.05) is 12.8 Å². The minimum atomic E-state index is -0.104. The molecule has 0 saturated heterocycles. The lowest BCUT2D eigenvalue weighted by atomic mass is 10.2. The van der Waals surface area contributed by atoms with Gasteiger partial charge in [0.05, 0.1) is 0 Å². The summed E-state index contributed by atoms with van der Waals surface area (Å²) in [5, 5.41) is 2.91. The zero-order valence-electron chi connectivity index (χ0n) is 11.2. The Morgan fingerprint density at radius 2 is 2.21 bits per heavy atom. The van der Waals surface area contributed by atoms with Crippen molar-refractivity contribution in [1.29, 1.82) is 0 Å². The van der Waals surface area contributed by atoms with E-state index in [1.54, 1.807) is 12.3 Å². The monoisotopic (exact) mass is 325 g/mol. The van der Waals surface area contributed by atoms with Gasteiger partial charge in [-0.3, -0.25) is 4.79 Å². The molecule has 1 saturated carbocycles. The molecule has 2 rings (SSSR count). The summed E-state index contributed by atoms with van der Waals surface area (Å²) < 4.78 is 0.880. The maximum absolute atomic E-state index is 11.9. The van der Waals surface area contributed by atoms with Crippen LogP contribution in [0.1, 0.15) is 36.2 Å². The van der Waals surface area contributed by atoms with Crippen LogP contribution in [0.15, 0.2) is 22.8 Å². The number of likely N-dealkylation sites (N-methyl/N-ethyl adjacent to an activating group) is 1. The molecule has 1 amide bonds. The van der Waals surface area contributed by atoms with Crippen molar-refractivity contribution in [2.75, 3.05) is 20.1 Å². The zero-order valence-corrected chi connectivity index (χ0v) is 12.8. The molecule has 0 aliphatic heterocycles. The van der Waals surface area contributed by atoms with Gasteiger partial charge in [0.2, 0.25) is 0 Å². The molecule has 1 heterocycles. The summed E-state index contributed by atoms with van der Waals surface area (Å²) in [7, 11) is 2.14. The predicted octanol–water partition coefficient (Wildman–Crippen LogP) is 2.45. The summed E-state index contributed by atoms with van der Waals surface area (Å²) in [6.07, 6.45) is 6.89. The highest BCUT2D eigenvalue weighted by molar-refractivity contribution is 9.10. The molecule has 1 aromatic rings. The highest BCUT2D eigenvalue weighted by Gasteiger charge is 2.19. The van der Waals surface area contributed by atoms with Crippen molar-refractivity contribution < 1.29 is 4.79 Å². The lowest BCUT2D eigenvalue weighted by molar-refractivity contribution is 0.0942. The topological polar surface area (TPSA) is 45.2 Å². The van der Waals surface area contributed by atoms with Crippen LogP contribution in [-0.4, -0.2) is 42.0 Å². The van der Waals surface area contributed by atoms with Crippen molar-refractivity contribution in [2.24, 2.45) is 0 Å². The standard InChI is InChI=1S/C14H20BrN3O/c1-18(12-4-2-3-5-12)9-8-16-14(19)13-7-6-11(15)10-17-13/h6-7,10,12H,2-5,8-9H2,1H3,(H,16,19). The maximum Gasteiger partial charge on any atom is 0.269 e. The maximum atomic E-state index is 11.9. The van der Waals surface area contributed by atoms with E-state index in [-0.39, 0.29) is 5.91 Å². The smallest absolute Gasteiger partial charge is 0.269 e. The van der Waals surface area contributed by atoms with E-state index in [1.807, 2.05) is 6.07 Å². The molecule has 0 bridgehead atoms. The largest absolute Gasteiger partial charge is 0.349 e. The van der Waals surface area contributed by atoms with E-state index in [9.17, 15) is 4.79 Å². The molecule has 1 aliphatic carbocycles. The second-order valence-electron chi connectivity index (χ2n) is 5.04. The summed E-state index contributed by atoms with van der Waals surface area (Å²) in [5.41, 5.74) is 0.465. The number of nitrogens with one attached hydrogen (secondary N) is 1. The molecule has 19 heavy (non-hydrogen) atoms. The second-order valence-corrected chi connectivity index (χ2v) is 5.95. The van der Waals surface area contributed by atoms with Gasteiger partial charge >= 0.3 is 0 Å². The van der Waals surface area contributed by atoms with E-state index in [1.165, 1.54) is 25.7 Å². The Kier molecular flexibility index (Phi) is 5.34. The molecule has 1 aromatic heterocycles. The first-order valence-corrected chi connectivity index (χ1v) is 7.56. The van der Waals surface area contributed by atoms with Gasteiger partial charge in [-0.25, -0.2) is 4.98 Å². The van der Waals surface area contributed by atoms with Gasteiger partial charge in [0.15, 0.2) is 0 Å². The van der Waals surface area contributed by atoms with Crippen molar-refractivity contribution in [3.8, 4) is 0 Å². The van der Waals surface area contributed by atoms with Crippen LogP contribution in [-0.2, 0) is 0 Å². The molecular formula is C14H20BrN3O. The fourth-order valence-electron chi connectivity index (χ4n) is 2.47. The lowest BCUT2D eigenvalue weighted by Gasteiger charge is -2.23. The molecule has 0 spiro atoms. The van der Waals surface area contributed by atoms with E-state index in [0.29, 0.717) is 18.3 Å². The van der Waals surface area contributed by atoms with Crippen LogP contribution in [0.4, 0.5) is 0 Å². The number of hydrogen-bond acceptors (Lipinski definition) is 3. The quantitative estimate of drug-likeness (QED) is 0.904. The molecule has 0 unspecified atom stereocenters. The summed E-state index contributed by atoms with van der Waals surface area (Å²) in [5.74, 6) is -0.104. The van der Waals surface area contributed by atoms with E-state index in [2.05, 4.69) is 38.2 Å². The summed E-state index contributed by atoms with van der Waals surface area (Å²) in [6, 6.07) is 4.25. The molecule has 0 radical (unpaired) electrons. The fourth-order valence-corrected chi connectivity index (χ4v) is 2.71. The molecule has 0 aromatic carbocycles. The number of carbonyl (C=O) groups is 1. The molecular weight excluding hydrogens is 306 g/mol. The van der Waals surface area contributed by atoms with Gasteiger partial charge in [0.25, 0.3) is 5.91 Å². The van der Waals surface area contributed by atoms with Crippen molar-refractivity contribution in [1.82, 2.24) is 15.2 Å². The van der Waals surface area contributed by atoms with Crippen LogP contribution >= 0.6 is 15.9 Å². The molecule has 1 N–H and O–H groups in total. The normalized spacial score (nSPS) is 15.9. The van der Waals surface area contributed by atoms with Crippen molar-refractivity contribution in [3.63, 3.8) is 0 Å². The van der Waals surface area contributed by atoms with Crippen molar-refractivity contribution in [3.05, 3.63) is 28.5 Å². The van der Waals surface area contributed by atoms with E-state index >= 15 is 0 Å². The number of nitrogens with zero attached hydrogens (tertiary/aromatic N) is 2. The summed E-state index contributed by atoms with van der Waals surface area (Å²) >= 11 is 3.30. The number of rotatable bonds is 5. The summed E-state index contributed by atoms with van der Waals surface area (Å²) in [4.78, 5) is 18.3. The van der Waals surface area contributed by atoms with Gasteiger partial charge in [0.1, 0.15) is 5.69 Å². The Hall–Kier alpha value is -0.940. The summed E-state index contributed by atoms with van der Waals surface area (Å²) in [6.45, 7) is 1.57. The molecule has 4 nitrogen and oxygen atoms in total. The number of halogens is 1. The van der Waals surface area contributed by atoms with Crippen LogP contribution in [0.25, 0.3) is 0 Å². The number of aromatic nitrogens is 1. The third-order valence-electron chi connectivity index (χ3n) is 3.66. The van der Waals surface area contributed by atoms with Gasteiger partial charge in [-0.2, -0.15) is 0 Å². The SMILES string of the molecule is CN(CCNC(=O)c1ccc(Br)cn1)C1CCCC1. The van der Waals surface area contributed by atoms with E-state index in [4.69, 9.17) is 0 Å². The van der Waals surface area contributed by atoms with Gasteiger partial charge < -0.3 is 10.2 Å². The van der Waals surface area contributed by atoms with Gasteiger partial charge in [-0.15, -0.1) is 0 Å². The second kappa shape index (κ2) is 7.01. The first kappa shape index (κ1) is 14.5. The highest BCUT2D eigenvalue weighted by atomic mass is 79.9. The Balaban J connectivity index is 1.73. The van der Waals surface area contributed by atoms with Crippen LogP contribution in [0, 0.1) is 0 Å². The molecule has 5 heteroatoms. The Morgan fingerprint density at radius 3 is 2.84 bits per heavy atom. The van der Waals surface area contributed by atoms with Gasteiger partial charge in [-0.05, 0) is 48.0 Å². The number of amides is 1. The molecule has 1 fully saturated rings. The van der Waals surface area contributed by atoms with Crippen LogP contribution in [0.2, 0.25) is 0 Å². The Bertz CT molecular complexity index is 415. The Labute approximate surface area is 122 Å². The van der Waals surface area contributed by atoms with E-state index in [0.717, 1.165) is 11.0 Å². The highest BCUT2D eigenvalue weighted by Crippen LogP contribution is 2.21. The third-order valence-corrected chi connectivity index (χ3v) is 4.13. The molecule has 1 aliphatic rings. The van der Waals surface area contributed by atoms with Crippen molar-refractivity contribution >= 4 is 21.8 Å². The fraction of sp³-hybridized carbons (Fsp3) is 0.571. The van der Waals surface area contributed by atoms with Crippen LogP contribution < -0.4 is 5.32 Å². The zero-order chi connectivity index (χ0) is 13.7.